The summed E-state index contributed by atoms with van der Waals surface area (Å²) in [4.78, 5) is 0. The molecule has 0 radical (unpaired) electrons. The van der Waals surface area contributed by atoms with Gasteiger partial charge in [0.05, 0.1) is 5.71 Å². The molecule has 3 nitrogen and oxygen atoms in total. The van der Waals surface area contributed by atoms with Crippen molar-refractivity contribution in [3.8, 4) is 0 Å². The summed E-state index contributed by atoms with van der Waals surface area (Å²) in [5.41, 5.74) is 7.47. The van der Waals surface area contributed by atoms with Crippen molar-refractivity contribution in [3.63, 3.8) is 0 Å². The molecule has 4 heteroatoms. The zero-order valence-corrected chi connectivity index (χ0v) is 9.15. The summed E-state index contributed by atoms with van der Waals surface area (Å²) in [6, 6.07) is 6.33. The maximum absolute atomic E-state index is 12.8. The van der Waals surface area contributed by atoms with Gasteiger partial charge in [-0.25, -0.2) is 4.39 Å². The van der Waals surface area contributed by atoms with Crippen LogP contribution in [0.5, 0.6) is 0 Å². The van der Waals surface area contributed by atoms with E-state index in [1.54, 1.807) is 12.1 Å². The van der Waals surface area contributed by atoms with E-state index in [0.29, 0.717) is 5.84 Å². The minimum Gasteiger partial charge on any atom is -0.386 e. The monoisotopic (exact) mass is 219 g/mol. The van der Waals surface area contributed by atoms with E-state index in [1.807, 2.05) is 0 Å². The fraction of sp³-hybridized carbons (Fsp3) is 0.333. The first-order chi connectivity index (χ1) is 7.70. The first kappa shape index (κ1) is 10.8. The number of hydrogen-bond acceptors (Lipinski definition) is 3. The van der Waals surface area contributed by atoms with Crippen LogP contribution in [0.15, 0.2) is 34.5 Å². The molecule has 1 heterocycles. The Kier molecular flexibility index (Phi) is 2.99. The van der Waals surface area contributed by atoms with Gasteiger partial charge in [-0.05, 0) is 24.1 Å². The van der Waals surface area contributed by atoms with Crippen LogP contribution in [-0.2, 0) is 0 Å². The summed E-state index contributed by atoms with van der Waals surface area (Å²) < 4.78 is 12.8. The van der Waals surface area contributed by atoms with Gasteiger partial charge in [0.25, 0.3) is 0 Å². The zero-order chi connectivity index (χ0) is 11.5. The predicted octanol–water partition coefficient (Wildman–Crippen LogP) is 2.32. The van der Waals surface area contributed by atoms with Gasteiger partial charge in [0.1, 0.15) is 11.7 Å². The lowest BCUT2D eigenvalue weighted by atomic mass is 9.90. The van der Waals surface area contributed by atoms with Crippen LogP contribution in [0.2, 0.25) is 0 Å². The van der Waals surface area contributed by atoms with E-state index in [-0.39, 0.29) is 11.7 Å². The Labute approximate surface area is 93.9 Å². The van der Waals surface area contributed by atoms with Crippen LogP contribution in [0.25, 0.3) is 0 Å². The van der Waals surface area contributed by atoms with Gasteiger partial charge >= 0.3 is 0 Å². The summed E-state index contributed by atoms with van der Waals surface area (Å²) in [6.07, 6.45) is 1.68. The Morgan fingerprint density at radius 2 is 2.00 bits per heavy atom. The molecule has 2 N–H and O–H groups in total. The van der Waals surface area contributed by atoms with Crippen molar-refractivity contribution in [2.75, 3.05) is 0 Å². The fourth-order valence-corrected chi connectivity index (χ4v) is 1.84. The van der Waals surface area contributed by atoms with Crippen molar-refractivity contribution < 1.29 is 4.39 Å². The van der Waals surface area contributed by atoms with Gasteiger partial charge < -0.3 is 5.73 Å². The normalized spacial score (nSPS) is 20.2. The van der Waals surface area contributed by atoms with Gasteiger partial charge in [-0.1, -0.05) is 19.1 Å². The van der Waals surface area contributed by atoms with E-state index < -0.39 is 0 Å². The van der Waals surface area contributed by atoms with Crippen molar-refractivity contribution >= 4 is 11.5 Å². The maximum Gasteiger partial charge on any atom is 0.123 e. The van der Waals surface area contributed by atoms with Crippen LogP contribution in [0.3, 0.4) is 0 Å². The summed E-state index contributed by atoms with van der Waals surface area (Å²) in [5.74, 6) is 0.608. The second-order valence-electron chi connectivity index (χ2n) is 3.89. The van der Waals surface area contributed by atoms with Gasteiger partial charge in [-0.3, -0.25) is 0 Å². The summed E-state index contributed by atoms with van der Waals surface area (Å²) in [6.45, 7) is 2.09. The maximum atomic E-state index is 12.8. The third kappa shape index (κ3) is 2.10. The van der Waals surface area contributed by atoms with Crippen molar-refractivity contribution in [1.82, 2.24) is 0 Å². The molecule has 16 heavy (non-hydrogen) atoms. The molecule has 84 valence electrons. The highest BCUT2D eigenvalue weighted by Gasteiger charge is 2.21. The van der Waals surface area contributed by atoms with Gasteiger partial charge in [0.15, 0.2) is 0 Å². The van der Waals surface area contributed by atoms with Crippen LogP contribution in [0.4, 0.5) is 4.39 Å². The third-order valence-electron chi connectivity index (χ3n) is 2.76. The fourth-order valence-electron chi connectivity index (χ4n) is 1.84. The molecular formula is C12H14FN3. The first-order valence-corrected chi connectivity index (χ1v) is 5.36. The smallest absolute Gasteiger partial charge is 0.123 e. The van der Waals surface area contributed by atoms with Crippen molar-refractivity contribution in [2.45, 2.75) is 19.8 Å². The number of amidine groups is 1. The molecule has 0 saturated heterocycles. The van der Waals surface area contributed by atoms with Crippen molar-refractivity contribution in [2.24, 2.45) is 21.9 Å². The lowest BCUT2D eigenvalue weighted by molar-refractivity contribution is 0.627. The number of halogens is 1. The van der Waals surface area contributed by atoms with Crippen LogP contribution < -0.4 is 5.73 Å². The van der Waals surface area contributed by atoms with Crippen LogP contribution in [-0.4, -0.2) is 11.5 Å². The molecule has 0 spiro atoms. The minimum atomic E-state index is -0.240. The average Bonchev–Trinajstić information content (AvgIpc) is 2.30. The van der Waals surface area contributed by atoms with E-state index >= 15 is 0 Å². The van der Waals surface area contributed by atoms with E-state index in [4.69, 9.17) is 5.73 Å². The molecule has 1 unspecified atom stereocenters. The molecule has 1 aromatic carbocycles. The summed E-state index contributed by atoms with van der Waals surface area (Å²) in [5, 5.41) is 8.02. The van der Waals surface area contributed by atoms with E-state index in [2.05, 4.69) is 17.1 Å². The summed E-state index contributed by atoms with van der Waals surface area (Å²) in [7, 11) is 0. The Balaban J connectivity index is 2.34. The van der Waals surface area contributed by atoms with E-state index in [1.165, 1.54) is 12.1 Å². The number of benzene rings is 1. The highest BCUT2D eigenvalue weighted by atomic mass is 19.1. The van der Waals surface area contributed by atoms with Crippen molar-refractivity contribution in [3.05, 3.63) is 35.6 Å². The molecule has 1 aromatic rings. The predicted molar refractivity (Wildman–Crippen MR) is 63.0 cm³/mol. The average molecular weight is 219 g/mol. The van der Waals surface area contributed by atoms with Crippen LogP contribution in [0, 0.1) is 11.7 Å². The molecule has 0 aromatic heterocycles. The van der Waals surface area contributed by atoms with E-state index in [9.17, 15) is 4.39 Å². The number of rotatable bonds is 2. The van der Waals surface area contributed by atoms with Crippen molar-refractivity contribution in [1.29, 1.82) is 0 Å². The summed E-state index contributed by atoms with van der Waals surface area (Å²) >= 11 is 0. The standard InChI is InChI=1S/C12H14FN3/c1-2-8-7-11(14)15-16-12(8)9-3-5-10(13)6-4-9/h3-6,8H,2,7H2,1H3,(H2,14,15). The lowest BCUT2D eigenvalue weighted by Gasteiger charge is -2.19. The Morgan fingerprint density at radius 1 is 1.31 bits per heavy atom. The largest absolute Gasteiger partial charge is 0.386 e. The van der Waals surface area contributed by atoms with Gasteiger partial charge in [0.2, 0.25) is 0 Å². The molecule has 0 fully saturated rings. The van der Waals surface area contributed by atoms with Gasteiger partial charge in [0, 0.05) is 12.3 Å². The molecule has 0 amide bonds. The highest BCUT2D eigenvalue weighted by Crippen LogP contribution is 2.20. The zero-order valence-electron chi connectivity index (χ0n) is 9.15. The number of nitrogens with two attached hydrogens (primary N) is 1. The second kappa shape index (κ2) is 4.43. The molecule has 2 rings (SSSR count). The number of hydrogen-bond donors (Lipinski definition) is 1. The third-order valence-corrected chi connectivity index (χ3v) is 2.76. The molecule has 0 saturated carbocycles. The number of nitrogens with zero attached hydrogens (tertiary/aromatic N) is 2. The molecule has 1 atom stereocenters. The Morgan fingerprint density at radius 3 is 2.62 bits per heavy atom. The molecule has 0 aliphatic carbocycles. The van der Waals surface area contributed by atoms with Gasteiger partial charge in [-0.15, -0.1) is 5.10 Å². The minimum absolute atomic E-state index is 0.240. The quantitative estimate of drug-likeness (QED) is 0.815. The SMILES string of the molecule is CCC1CC(N)=NN=C1c1ccc(F)cc1. The Bertz CT molecular complexity index is 434. The highest BCUT2D eigenvalue weighted by molar-refractivity contribution is 6.05. The molecular weight excluding hydrogens is 205 g/mol. The first-order valence-electron chi connectivity index (χ1n) is 5.36. The molecule has 1 aliphatic heterocycles. The van der Waals surface area contributed by atoms with Crippen LogP contribution in [0.1, 0.15) is 25.3 Å². The Hall–Kier alpha value is -1.71. The lowest BCUT2D eigenvalue weighted by Crippen LogP contribution is -2.26. The second-order valence-corrected chi connectivity index (χ2v) is 3.89. The van der Waals surface area contributed by atoms with Gasteiger partial charge in [-0.2, -0.15) is 5.10 Å². The molecule has 0 bridgehead atoms. The topological polar surface area (TPSA) is 50.7 Å². The van der Waals surface area contributed by atoms with E-state index in [0.717, 1.165) is 24.1 Å². The van der Waals surface area contributed by atoms with Crippen LogP contribution >= 0.6 is 0 Å². The molecule has 1 aliphatic rings.